The quantitative estimate of drug-likeness (QED) is 0.639. The predicted octanol–water partition coefficient (Wildman–Crippen LogP) is 4.87. The summed E-state index contributed by atoms with van der Waals surface area (Å²) in [5.41, 5.74) is 1.73. The van der Waals surface area contributed by atoms with E-state index in [1.54, 1.807) is 17.4 Å². The van der Waals surface area contributed by atoms with Crippen LogP contribution in [0.3, 0.4) is 0 Å². The van der Waals surface area contributed by atoms with Gasteiger partial charge >= 0.3 is 0 Å². The van der Waals surface area contributed by atoms with Gasteiger partial charge in [-0.15, -0.1) is 11.3 Å². The van der Waals surface area contributed by atoms with Gasteiger partial charge in [-0.05, 0) is 29.8 Å². The maximum Gasteiger partial charge on any atom is 0.159 e. The van der Waals surface area contributed by atoms with Crippen LogP contribution in [0.4, 0.5) is 8.78 Å². The number of thioether (sulfide) groups is 1. The number of hydrogen-bond acceptors (Lipinski definition) is 3. The van der Waals surface area contributed by atoms with Crippen LogP contribution < -0.4 is 0 Å². The summed E-state index contributed by atoms with van der Waals surface area (Å²) in [6.45, 7) is 0. The Balaban J connectivity index is 1.76. The molecule has 5 heteroatoms. The van der Waals surface area contributed by atoms with E-state index >= 15 is 0 Å². The van der Waals surface area contributed by atoms with E-state index < -0.39 is 11.6 Å². The topological polar surface area (TPSA) is 12.9 Å². The molecule has 3 aromatic rings. The molecule has 0 aliphatic rings. The summed E-state index contributed by atoms with van der Waals surface area (Å²) < 4.78 is 28.0. The zero-order chi connectivity index (χ0) is 13.2. The van der Waals surface area contributed by atoms with E-state index in [0.29, 0.717) is 5.75 Å². The Morgan fingerprint density at radius 3 is 2.68 bits per heavy atom. The van der Waals surface area contributed by atoms with Crippen molar-refractivity contribution in [2.24, 2.45) is 0 Å². The first kappa shape index (κ1) is 12.6. The second-order valence-corrected chi connectivity index (χ2v) is 6.24. The minimum absolute atomic E-state index is 0.580. The number of thiazole rings is 1. The molecule has 3 rings (SSSR count). The molecule has 0 saturated carbocycles. The molecule has 1 aromatic heterocycles. The Bertz CT molecular complexity index is 691. The van der Waals surface area contributed by atoms with Crippen LogP contribution in [0.5, 0.6) is 0 Å². The lowest BCUT2D eigenvalue weighted by molar-refractivity contribution is 0.507. The zero-order valence-corrected chi connectivity index (χ0v) is 11.4. The highest BCUT2D eigenvalue weighted by Crippen LogP contribution is 2.31. The Morgan fingerprint density at radius 2 is 1.89 bits per heavy atom. The maximum atomic E-state index is 13.1. The lowest BCUT2D eigenvalue weighted by atomic mass is 10.2. The maximum absolute atomic E-state index is 13.1. The molecule has 2 aromatic carbocycles. The molecular weight excluding hydrogens is 284 g/mol. The van der Waals surface area contributed by atoms with Crippen molar-refractivity contribution in [2.75, 3.05) is 0 Å². The van der Waals surface area contributed by atoms with Crippen molar-refractivity contribution in [1.82, 2.24) is 4.98 Å². The van der Waals surface area contributed by atoms with Crippen LogP contribution >= 0.6 is 23.1 Å². The number of hydrogen-bond donors (Lipinski definition) is 0. The number of rotatable bonds is 3. The lowest BCUT2D eigenvalue weighted by Gasteiger charge is -1.99. The van der Waals surface area contributed by atoms with E-state index in [-0.39, 0.29) is 0 Å². The van der Waals surface area contributed by atoms with E-state index in [9.17, 15) is 8.78 Å². The lowest BCUT2D eigenvalue weighted by Crippen LogP contribution is -1.87. The first-order valence-electron chi connectivity index (χ1n) is 5.65. The van der Waals surface area contributed by atoms with Crippen LogP contribution in [0, 0.1) is 11.6 Å². The van der Waals surface area contributed by atoms with Gasteiger partial charge in [-0.25, -0.2) is 13.8 Å². The summed E-state index contributed by atoms with van der Waals surface area (Å²) in [4.78, 5) is 4.48. The van der Waals surface area contributed by atoms with E-state index in [1.807, 2.05) is 24.3 Å². The van der Waals surface area contributed by atoms with Crippen LogP contribution in [-0.4, -0.2) is 4.98 Å². The fourth-order valence-corrected chi connectivity index (χ4v) is 3.70. The Labute approximate surface area is 117 Å². The number of fused-ring (bicyclic) bond motifs is 1. The van der Waals surface area contributed by atoms with Gasteiger partial charge in [-0.2, -0.15) is 0 Å². The third-order valence-corrected chi connectivity index (χ3v) is 4.87. The van der Waals surface area contributed by atoms with Crippen molar-refractivity contribution in [2.45, 2.75) is 10.1 Å². The van der Waals surface area contributed by atoms with Gasteiger partial charge in [0.2, 0.25) is 0 Å². The van der Waals surface area contributed by atoms with Gasteiger partial charge in [0, 0.05) is 5.75 Å². The molecule has 0 N–H and O–H groups in total. The van der Waals surface area contributed by atoms with Gasteiger partial charge in [-0.3, -0.25) is 0 Å². The molecule has 0 unspecified atom stereocenters. The predicted molar refractivity (Wildman–Crippen MR) is 75.5 cm³/mol. The van der Waals surface area contributed by atoms with E-state index in [4.69, 9.17) is 0 Å². The first-order chi connectivity index (χ1) is 9.22. The summed E-state index contributed by atoms with van der Waals surface area (Å²) >= 11 is 3.14. The molecule has 1 nitrogen and oxygen atoms in total. The van der Waals surface area contributed by atoms with Crippen molar-refractivity contribution in [3.05, 3.63) is 59.7 Å². The van der Waals surface area contributed by atoms with Crippen molar-refractivity contribution in [3.63, 3.8) is 0 Å². The summed E-state index contributed by atoms with van der Waals surface area (Å²) in [5, 5.41) is 0. The van der Waals surface area contributed by atoms with E-state index in [2.05, 4.69) is 4.98 Å². The Kier molecular flexibility index (Phi) is 3.48. The number of aromatic nitrogens is 1. The van der Waals surface area contributed by atoms with Gasteiger partial charge in [0.15, 0.2) is 16.0 Å². The molecule has 0 amide bonds. The molecule has 0 aliphatic heterocycles. The molecule has 0 atom stereocenters. The average Bonchev–Trinajstić information content (AvgIpc) is 2.83. The SMILES string of the molecule is Fc1ccc(CSc2nc3ccccc3s2)cc1F. The standard InChI is InChI=1S/C14H9F2NS2/c15-10-6-5-9(7-11(10)16)8-18-14-17-12-3-1-2-4-13(12)19-14/h1-7H,8H2. The van der Waals surface area contributed by atoms with E-state index in [0.717, 1.165) is 26.2 Å². The van der Waals surface area contributed by atoms with Gasteiger partial charge in [0.1, 0.15) is 0 Å². The largest absolute Gasteiger partial charge is 0.230 e. The number of para-hydroxylation sites is 1. The molecule has 0 saturated heterocycles. The third kappa shape index (κ3) is 2.77. The van der Waals surface area contributed by atoms with Crippen molar-refractivity contribution in [1.29, 1.82) is 0 Å². The highest BCUT2D eigenvalue weighted by molar-refractivity contribution is 8.00. The molecular formula is C14H9F2NS2. The summed E-state index contributed by atoms with van der Waals surface area (Å²) in [6.07, 6.45) is 0. The minimum Gasteiger partial charge on any atom is -0.230 e. The fraction of sp³-hybridized carbons (Fsp3) is 0.0714. The number of halogens is 2. The highest BCUT2D eigenvalue weighted by Gasteiger charge is 2.06. The first-order valence-corrected chi connectivity index (χ1v) is 7.45. The summed E-state index contributed by atoms with van der Waals surface area (Å²) in [5.74, 6) is -1.03. The van der Waals surface area contributed by atoms with Gasteiger partial charge in [0.05, 0.1) is 10.2 Å². The second-order valence-electron chi connectivity index (χ2n) is 3.98. The zero-order valence-electron chi connectivity index (χ0n) is 9.77. The second kappa shape index (κ2) is 5.27. The molecule has 19 heavy (non-hydrogen) atoms. The summed E-state index contributed by atoms with van der Waals surface area (Å²) in [6, 6.07) is 11.9. The molecule has 96 valence electrons. The summed E-state index contributed by atoms with van der Waals surface area (Å²) in [7, 11) is 0. The van der Waals surface area contributed by atoms with Gasteiger partial charge in [0.25, 0.3) is 0 Å². The van der Waals surface area contributed by atoms with Crippen molar-refractivity contribution >= 4 is 33.3 Å². The molecule has 0 spiro atoms. The highest BCUT2D eigenvalue weighted by atomic mass is 32.2. The van der Waals surface area contributed by atoms with Crippen LogP contribution in [0.15, 0.2) is 46.8 Å². The molecule has 0 radical (unpaired) electrons. The Hall–Kier alpha value is -1.46. The van der Waals surface area contributed by atoms with Gasteiger partial charge in [-0.1, -0.05) is 30.0 Å². The smallest absolute Gasteiger partial charge is 0.159 e. The monoisotopic (exact) mass is 293 g/mol. The average molecular weight is 293 g/mol. The van der Waals surface area contributed by atoms with Crippen LogP contribution in [0.25, 0.3) is 10.2 Å². The van der Waals surface area contributed by atoms with Crippen molar-refractivity contribution in [3.8, 4) is 0 Å². The molecule has 0 fully saturated rings. The fourth-order valence-electron chi connectivity index (χ4n) is 1.69. The number of benzene rings is 2. The van der Waals surface area contributed by atoms with Crippen LogP contribution in [0.1, 0.15) is 5.56 Å². The molecule has 0 aliphatic carbocycles. The van der Waals surface area contributed by atoms with Crippen molar-refractivity contribution < 1.29 is 8.78 Å². The van der Waals surface area contributed by atoms with Crippen LogP contribution in [0.2, 0.25) is 0 Å². The normalized spacial score (nSPS) is 11.1. The van der Waals surface area contributed by atoms with Gasteiger partial charge < -0.3 is 0 Å². The Morgan fingerprint density at radius 1 is 1.05 bits per heavy atom. The minimum atomic E-state index is -0.811. The molecule has 0 bridgehead atoms. The third-order valence-electron chi connectivity index (χ3n) is 2.62. The van der Waals surface area contributed by atoms with Crippen LogP contribution in [-0.2, 0) is 5.75 Å². The van der Waals surface area contributed by atoms with E-state index in [1.165, 1.54) is 17.8 Å². The molecule has 1 heterocycles. The number of nitrogens with zero attached hydrogens (tertiary/aromatic N) is 1.